The monoisotopic (exact) mass is 1110 g/mol. The van der Waals surface area contributed by atoms with Crippen molar-refractivity contribution in [2.24, 2.45) is 10.8 Å². The Morgan fingerprint density at radius 3 is 1.66 bits per heavy atom. The Morgan fingerprint density at radius 2 is 1.14 bits per heavy atom. The average Bonchev–Trinajstić information content (AvgIpc) is 3.96. The molecule has 0 bridgehead atoms. The van der Waals surface area contributed by atoms with Crippen LogP contribution >= 0.6 is 23.2 Å². The Labute approximate surface area is 496 Å². The molecule has 0 amide bonds. The summed E-state index contributed by atoms with van der Waals surface area (Å²) in [5.74, 6) is -0.252. The molecule has 12 nitrogen and oxygen atoms in total. The van der Waals surface area contributed by atoms with Crippen LogP contribution in [0.5, 0.6) is 0 Å². The van der Waals surface area contributed by atoms with Crippen molar-refractivity contribution in [3.05, 3.63) is 124 Å². The minimum Gasteiger partial charge on any atom is -1.00 e. The van der Waals surface area contributed by atoms with Gasteiger partial charge in [0, 0.05) is 75.1 Å². The van der Waals surface area contributed by atoms with Gasteiger partial charge in [0.2, 0.25) is 0 Å². The van der Waals surface area contributed by atoms with Gasteiger partial charge in [0.1, 0.15) is 11.2 Å². The summed E-state index contributed by atoms with van der Waals surface area (Å²) in [4.78, 5) is 52.2. The first-order chi connectivity index (χ1) is 34.9. The molecule has 417 valence electrons. The van der Waals surface area contributed by atoms with Crippen molar-refractivity contribution in [2.45, 2.75) is 191 Å². The van der Waals surface area contributed by atoms with E-state index in [1.54, 1.807) is 15.3 Å². The number of pyridine rings is 1. The molecule has 4 heterocycles. The number of hydrogen-bond acceptors (Lipinski definition) is 9. The van der Waals surface area contributed by atoms with Crippen molar-refractivity contribution in [3.63, 3.8) is 0 Å². The number of ether oxygens (including phenoxy) is 4. The molecule has 1 aliphatic rings. The number of unbranched alkanes of at least 4 members (excludes halogenated alkanes) is 4. The van der Waals surface area contributed by atoms with E-state index in [-0.39, 0.29) is 76.9 Å². The summed E-state index contributed by atoms with van der Waals surface area (Å²) in [6.45, 7) is 25.2. The quantitative estimate of drug-likeness (QED) is 0.0246. The fourth-order valence-corrected chi connectivity index (χ4v) is 10.0. The van der Waals surface area contributed by atoms with Crippen molar-refractivity contribution in [1.82, 2.24) is 14.0 Å². The van der Waals surface area contributed by atoms with Crippen molar-refractivity contribution < 1.29 is 73.7 Å². The summed E-state index contributed by atoms with van der Waals surface area (Å²) in [5, 5.41) is 2.46. The van der Waals surface area contributed by atoms with E-state index < -0.39 is 28.1 Å². The van der Waals surface area contributed by atoms with Crippen LogP contribution in [0.4, 0.5) is 9.59 Å². The van der Waals surface area contributed by atoms with E-state index in [2.05, 4.69) is 27.8 Å². The minimum absolute atomic E-state index is 0. The van der Waals surface area contributed by atoms with Crippen molar-refractivity contribution in [1.29, 1.82) is 0 Å². The summed E-state index contributed by atoms with van der Waals surface area (Å²) >= 11 is 13.3. The topological polar surface area (TPSA) is 122 Å². The van der Waals surface area contributed by atoms with E-state index in [4.69, 9.17) is 42.1 Å². The SMILES string of the molecule is C.CCOC(=O)C(C)(C)CCCCCC(c1ccccc1Cl)N1CCc2c(ccn2C(=O)OC(C)(C)C)C1.CCOC(=O)C(C)(C)CCCCCC(c1ccccc1Cl)[n+]1ccc2c(ccn2C(=O)OC(C)(C)C)c1.[B].[H-].[Na+]. The molecule has 0 N–H and O–H groups in total. The van der Waals surface area contributed by atoms with E-state index in [0.29, 0.717) is 13.2 Å². The van der Waals surface area contributed by atoms with Crippen molar-refractivity contribution in [2.75, 3.05) is 19.8 Å². The van der Waals surface area contributed by atoms with Gasteiger partial charge >= 0.3 is 53.7 Å². The number of hydrogen-bond donors (Lipinski definition) is 0. The average molecular weight is 1110 g/mol. The smallest absolute Gasteiger partial charge is 1.00 e. The van der Waals surface area contributed by atoms with E-state index in [0.717, 1.165) is 127 Å². The molecule has 3 aromatic heterocycles. The van der Waals surface area contributed by atoms with Gasteiger partial charge in [0.15, 0.2) is 18.4 Å². The second kappa shape index (κ2) is 31.0. The molecule has 1 aliphatic heterocycles. The van der Waals surface area contributed by atoms with Crippen LogP contribution in [0.3, 0.4) is 0 Å². The number of esters is 2. The Balaban J connectivity index is 0.000000742. The second-order valence-electron chi connectivity index (χ2n) is 22.7. The normalized spacial score (nSPS) is 13.5. The van der Waals surface area contributed by atoms with Gasteiger partial charge in [-0.05, 0) is 144 Å². The van der Waals surface area contributed by atoms with Gasteiger partial charge < -0.3 is 20.4 Å². The number of carbonyl (C=O) groups excluding carboxylic acids is 4. The van der Waals surface area contributed by atoms with Gasteiger partial charge in [-0.25, -0.2) is 9.59 Å². The summed E-state index contributed by atoms with van der Waals surface area (Å²) in [6.07, 6.45) is 17.2. The van der Waals surface area contributed by atoms with E-state index in [9.17, 15) is 19.2 Å². The number of halogens is 2. The predicted octanol–water partition coefficient (Wildman–Crippen LogP) is 12.4. The molecular weight excluding hydrogens is 1020 g/mol. The summed E-state index contributed by atoms with van der Waals surface area (Å²) < 4.78 is 27.0. The zero-order chi connectivity index (χ0) is 54.4. The van der Waals surface area contributed by atoms with Gasteiger partial charge in [-0.15, -0.1) is 0 Å². The zero-order valence-electron chi connectivity index (χ0n) is 48.8. The third-order valence-electron chi connectivity index (χ3n) is 13.5. The number of fused-ring (bicyclic) bond motifs is 2. The molecule has 0 fully saturated rings. The first-order valence-electron chi connectivity index (χ1n) is 26.6. The summed E-state index contributed by atoms with van der Waals surface area (Å²) in [7, 11) is 0. The maximum atomic E-state index is 12.7. The van der Waals surface area contributed by atoms with Crippen LogP contribution in [-0.4, -0.2) is 77.5 Å². The predicted molar refractivity (Wildman–Crippen MR) is 308 cm³/mol. The molecule has 6 rings (SSSR count). The molecule has 77 heavy (non-hydrogen) atoms. The molecule has 16 heteroatoms. The maximum Gasteiger partial charge on any atom is 1.00 e. The van der Waals surface area contributed by atoms with Crippen LogP contribution in [0.2, 0.25) is 10.0 Å². The molecule has 0 saturated heterocycles. The third-order valence-corrected chi connectivity index (χ3v) is 14.2. The minimum atomic E-state index is -0.566. The van der Waals surface area contributed by atoms with Gasteiger partial charge in [0.05, 0.1) is 40.0 Å². The molecule has 3 radical (unpaired) electrons. The van der Waals surface area contributed by atoms with Crippen LogP contribution in [-0.2, 0) is 41.5 Å². The van der Waals surface area contributed by atoms with Crippen LogP contribution in [0.1, 0.15) is 191 Å². The van der Waals surface area contributed by atoms with Crippen LogP contribution in [0, 0.1) is 10.8 Å². The largest absolute Gasteiger partial charge is 1.00 e. The molecule has 2 aromatic carbocycles. The summed E-state index contributed by atoms with van der Waals surface area (Å²) in [5.41, 5.74) is 3.17. The van der Waals surface area contributed by atoms with Gasteiger partial charge in [-0.3, -0.25) is 23.6 Å². The second-order valence-corrected chi connectivity index (χ2v) is 23.6. The van der Waals surface area contributed by atoms with Gasteiger partial charge in [0.25, 0.3) is 0 Å². The van der Waals surface area contributed by atoms with E-state index in [1.165, 1.54) is 0 Å². The number of aromatic nitrogens is 3. The van der Waals surface area contributed by atoms with Crippen LogP contribution in [0.15, 0.2) is 91.5 Å². The molecule has 0 saturated carbocycles. The van der Waals surface area contributed by atoms with Crippen LogP contribution in [0.25, 0.3) is 10.9 Å². The number of rotatable bonds is 20. The Bertz CT molecular complexity index is 2680. The fourth-order valence-electron chi connectivity index (χ4n) is 9.51. The molecule has 0 aliphatic carbocycles. The zero-order valence-corrected chi connectivity index (χ0v) is 51.3. The van der Waals surface area contributed by atoms with E-state index in [1.807, 2.05) is 150 Å². The standard InChI is InChI=1S/C30H43ClN2O4.C30H40ClN2O4.CH4.B.Na.H/c2*1-7-36-27(34)30(5,6)18-12-8-9-15-26(23-13-10-11-14-24(23)31)32-19-17-25-22(21-32)16-20-33(25)28(35)37-29(2,3)4;;;;/h10-11,13-14,16,20,26H,7-9,12,15,17-19,21H2,1-6H3;10-11,13-14,16-17,19-21,26H,7-9,12,15,18H2,1-6H3;1H4;;;/q;+1;;;+1;-1. The Kier molecular flexibility index (Phi) is 27.8. The maximum absolute atomic E-state index is 12.7. The van der Waals surface area contributed by atoms with Gasteiger partial charge in [-0.2, -0.15) is 4.57 Å². The van der Waals surface area contributed by atoms with Crippen molar-refractivity contribution >= 4 is 66.6 Å². The molecular formula is C61H88BCl2N4NaO8+. The first-order valence-corrected chi connectivity index (χ1v) is 27.4. The first kappa shape index (κ1) is 69.0. The molecule has 5 aromatic rings. The van der Waals surface area contributed by atoms with Crippen molar-refractivity contribution in [3.8, 4) is 0 Å². The number of carbonyl (C=O) groups is 4. The Hall–Kier alpha value is -4.11. The number of nitrogens with zero attached hydrogens (tertiary/aromatic N) is 4. The number of benzene rings is 2. The fraction of sp³-hybridized carbons (Fsp3) is 0.557. The molecule has 0 spiro atoms. The third kappa shape index (κ3) is 20.2. The molecule has 2 unspecified atom stereocenters. The van der Waals surface area contributed by atoms with Crippen LogP contribution < -0.4 is 34.1 Å². The van der Waals surface area contributed by atoms with Gasteiger partial charge in [-0.1, -0.05) is 99.1 Å². The van der Waals surface area contributed by atoms with E-state index >= 15 is 0 Å². The Morgan fingerprint density at radius 1 is 0.649 bits per heavy atom. The molecule has 2 atom stereocenters. The summed E-state index contributed by atoms with van der Waals surface area (Å²) in [6, 6.07) is 22.2.